The van der Waals surface area contributed by atoms with Gasteiger partial charge in [-0.3, -0.25) is 19.7 Å². The Balaban J connectivity index is 1.72. The van der Waals surface area contributed by atoms with Crippen molar-refractivity contribution in [3.8, 4) is 0 Å². The van der Waals surface area contributed by atoms with Gasteiger partial charge in [-0.25, -0.2) is 9.69 Å². The number of carbonyl (C=O) groups excluding carboxylic acids is 3. The predicted octanol–water partition coefficient (Wildman–Crippen LogP) is 3.15. The molecule has 1 aliphatic rings. The van der Waals surface area contributed by atoms with Crippen LogP contribution in [0.2, 0.25) is 0 Å². The molecule has 160 valence electrons. The highest BCUT2D eigenvalue weighted by atomic mass is 19.4. The molecule has 0 radical (unpaired) electrons. The Hall–Kier alpha value is -4.22. The van der Waals surface area contributed by atoms with Crippen molar-refractivity contribution in [2.45, 2.75) is 6.18 Å². The summed E-state index contributed by atoms with van der Waals surface area (Å²) < 4.78 is 39.1. The third-order valence-electron chi connectivity index (χ3n) is 4.19. The molecule has 1 saturated heterocycles. The van der Waals surface area contributed by atoms with Crippen molar-refractivity contribution in [3.63, 3.8) is 0 Å². The average molecular weight is 434 g/mol. The van der Waals surface area contributed by atoms with Crippen molar-refractivity contribution in [1.29, 1.82) is 0 Å². The van der Waals surface area contributed by atoms with Crippen LogP contribution in [0.25, 0.3) is 6.08 Å². The molecule has 9 nitrogen and oxygen atoms in total. The Kier molecular flexibility index (Phi) is 5.72. The minimum absolute atomic E-state index is 0.165. The summed E-state index contributed by atoms with van der Waals surface area (Å²) in [6.45, 7) is -0.811. The molecule has 4 amide bonds. The highest BCUT2D eigenvalue weighted by Gasteiger charge is 2.36. The van der Waals surface area contributed by atoms with E-state index in [1.54, 1.807) is 0 Å². The number of anilines is 1. The van der Waals surface area contributed by atoms with Gasteiger partial charge >= 0.3 is 12.2 Å². The normalized spacial score (nSPS) is 15.2. The molecule has 0 spiro atoms. The molecule has 2 aromatic rings. The van der Waals surface area contributed by atoms with Gasteiger partial charge in [0.2, 0.25) is 5.91 Å². The van der Waals surface area contributed by atoms with Crippen LogP contribution in [0.4, 0.5) is 29.3 Å². The number of nitro benzene ring substituents is 1. The molecule has 31 heavy (non-hydrogen) atoms. The molecule has 0 aliphatic carbocycles. The molecule has 3 rings (SSSR count). The van der Waals surface area contributed by atoms with Gasteiger partial charge in [-0.15, -0.1) is 0 Å². The van der Waals surface area contributed by atoms with E-state index in [-0.39, 0.29) is 11.4 Å². The van der Waals surface area contributed by atoms with Crippen LogP contribution in [-0.2, 0) is 15.8 Å². The number of urea groups is 1. The van der Waals surface area contributed by atoms with E-state index >= 15 is 0 Å². The molecule has 2 N–H and O–H groups in total. The van der Waals surface area contributed by atoms with Crippen molar-refractivity contribution in [2.24, 2.45) is 0 Å². The molecule has 0 aromatic heterocycles. The molecule has 12 heteroatoms. The van der Waals surface area contributed by atoms with Crippen LogP contribution in [0, 0.1) is 10.1 Å². The second kappa shape index (κ2) is 8.26. The molecular weight excluding hydrogens is 421 g/mol. The van der Waals surface area contributed by atoms with Gasteiger partial charge in [0.25, 0.3) is 11.6 Å². The van der Waals surface area contributed by atoms with Gasteiger partial charge in [-0.1, -0.05) is 12.1 Å². The van der Waals surface area contributed by atoms with Gasteiger partial charge in [0.05, 0.1) is 16.2 Å². The number of nitrogens with one attached hydrogen (secondary N) is 2. The van der Waals surface area contributed by atoms with Crippen LogP contribution in [0.3, 0.4) is 0 Å². The van der Waals surface area contributed by atoms with Crippen molar-refractivity contribution in [1.82, 2.24) is 10.2 Å². The molecule has 0 atom stereocenters. The number of non-ortho nitro benzene ring substituents is 1. The number of benzene rings is 2. The fourth-order valence-electron chi connectivity index (χ4n) is 2.75. The lowest BCUT2D eigenvalue weighted by Gasteiger charge is -2.15. The zero-order valence-electron chi connectivity index (χ0n) is 15.5. The van der Waals surface area contributed by atoms with E-state index in [4.69, 9.17) is 0 Å². The number of nitro groups is 1. The first kappa shape index (κ1) is 21.5. The van der Waals surface area contributed by atoms with E-state index in [9.17, 15) is 37.7 Å². The summed E-state index contributed by atoms with van der Waals surface area (Å²) in [7, 11) is 0. The number of para-hydroxylation sites is 1. The number of amides is 4. The Morgan fingerprint density at radius 3 is 2.39 bits per heavy atom. The molecule has 2 aromatic carbocycles. The summed E-state index contributed by atoms with van der Waals surface area (Å²) in [5.74, 6) is -1.88. The van der Waals surface area contributed by atoms with E-state index < -0.39 is 46.7 Å². The van der Waals surface area contributed by atoms with Crippen LogP contribution in [0.15, 0.2) is 54.2 Å². The number of imide groups is 1. The maximum atomic E-state index is 13.0. The van der Waals surface area contributed by atoms with Crippen LogP contribution in [0.5, 0.6) is 0 Å². The maximum absolute atomic E-state index is 13.0. The minimum atomic E-state index is -4.70. The smallest absolute Gasteiger partial charge is 0.324 e. The van der Waals surface area contributed by atoms with Gasteiger partial charge in [-0.05, 0) is 35.9 Å². The molecule has 1 fully saturated rings. The standard InChI is InChI=1S/C19H13F3N4O5/c20-19(21,22)13-3-1-2-4-14(13)23-16(27)10-25-17(28)15(24-18(25)29)9-11-5-7-12(8-6-11)26(30)31/h1-9H,10H2,(H,23,27)(H,24,29)/b15-9-. The Morgan fingerprint density at radius 2 is 1.77 bits per heavy atom. The SMILES string of the molecule is O=C(CN1C(=O)N/C(=C\c2ccc([N+](=O)[O-])cc2)C1=O)Nc1ccccc1C(F)(F)F. The quantitative estimate of drug-likeness (QED) is 0.324. The monoisotopic (exact) mass is 434 g/mol. The van der Waals surface area contributed by atoms with Crippen LogP contribution in [-0.4, -0.2) is 34.2 Å². The summed E-state index contributed by atoms with van der Waals surface area (Å²) in [5.41, 5.74) is -1.56. The highest BCUT2D eigenvalue weighted by molar-refractivity contribution is 6.16. The number of halogens is 3. The lowest BCUT2D eigenvalue weighted by Crippen LogP contribution is -2.38. The number of carbonyl (C=O) groups is 3. The summed E-state index contributed by atoms with van der Waals surface area (Å²) >= 11 is 0. The maximum Gasteiger partial charge on any atom is 0.418 e. The number of hydrogen-bond acceptors (Lipinski definition) is 5. The fraction of sp³-hybridized carbons (Fsp3) is 0.105. The van der Waals surface area contributed by atoms with Gasteiger partial charge < -0.3 is 10.6 Å². The summed E-state index contributed by atoms with van der Waals surface area (Å²) in [5, 5.41) is 15.0. The van der Waals surface area contributed by atoms with Crippen molar-refractivity contribution < 1.29 is 32.5 Å². The Bertz CT molecular complexity index is 1100. The minimum Gasteiger partial charge on any atom is -0.324 e. The summed E-state index contributed by atoms with van der Waals surface area (Å²) in [6.07, 6.45) is -3.45. The van der Waals surface area contributed by atoms with Crippen molar-refractivity contribution >= 4 is 35.3 Å². The van der Waals surface area contributed by atoms with Crippen LogP contribution < -0.4 is 10.6 Å². The average Bonchev–Trinajstić information content (AvgIpc) is 2.95. The van der Waals surface area contributed by atoms with Crippen molar-refractivity contribution in [3.05, 3.63) is 75.5 Å². The van der Waals surface area contributed by atoms with Crippen LogP contribution >= 0.6 is 0 Å². The third-order valence-corrected chi connectivity index (χ3v) is 4.19. The first-order chi connectivity index (χ1) is 14.6. The van der Waals surface area contributed by atoms with E-state index in [0.717, 1.165) is 18.2 Å². The highest BCUT2D eigenvalue weighted by Crippen LogP contribution is 2.34. The topological polar surface area (TPSA) is 122 Å². The molecule has 1 heterocycles. The number of nitrogens with zero attached hydrogens (tertiary/aromatic N) is 2. The summed E-state index contributed by atoms with van der Waals surface area (Å²) in [4.78, 5) is 47.2. The van der Waals surface area contributed by atoms with Crippen LogP contribution in [0.1, 0.15) is 11.1 Å². The van der Waals surface area contributed by atoms with E-state index in [0.29, 0.717) is 10.5 Å². The van der Waals surface area contributed by atoms with Crippen molar-refractivity contribution in [2.75, 3.05) is 11.9 Å². The third kappa shape index (κ3) is 4.86. The first-order valence-corrected chi connectivity index (χ1v) is 8.61. The van der Waals surface area contributed by atoms with E-state index in [2.05, 4.69) is 10.6 Å². The molecule has 0 bridgehead atoms. The predicted molar refractivity (Wildman–Crippen MR) is 101 cm³/mol. The van der Waals surface area contributed by atoms with Gasteiger partial charge in [0, 0.05) is 12.1 Å². The second-order valence-electron chi connectivity index (χ2n) is 6.32. The van der Waals surface area contributed by atoms with Gasteiger partial charge in [0.1, 0.15) is 12.2 Å². The van der Waals surface area contributed by atoms with Gasteiger partial charge in [-0.2, -0.15) is 13.2 Å². The molecular formula is C19H13F3N4O5. The number of alkyl halides is 3. The zero-order chi connectivity index (χ0) is 22.8. The Morgan fingerprint density at radius 1 is 1.13 bits per heavy atom. The molecule has 0 unspecified atom stereocenters. The first-order valence-electron chi connectivity index (χ1n) is 8.61. The summed E-state index contributed by atoms with van der Waals surface area (Å²) in [6, 6.07) is 8.48. The molecule has 1 aliphatic heterocycles. The largest absolute Gasteiger partial charge is 0.418 e. The zero-order valence-corrected chi connectivity index (χ0v) is 15.5. The lowest BCUT2D eigenvalue weighted by atomic mass is 10.1. The molecule has 0 saturated carbocycles. The van der Waals surface area contributed by atoms with Gasteiger partial charge in [0.15, 0.2) is 0 Å². The Labute approximate surface area is 172 Å². The second-order valence-corrected chi connectivity index (χ2v) is 6.32. The number of rotatable bonds is 5. The number of hydrogen-bond donors (Lipinski definition) is 2. The fourth-order valence-corrected chi connectivity index (χ4v) is 2.75. The van der Waals surface area contributed by atoms with E-state index in [1.165, 1.54) is 36.4 Å². The van der Waals surface area contributed by atoms with E-state index in [1.807, 2.05) is 0 Å². The lowest BCUT2D eigenvalue weighted by molar-refractivity contribution is -0.384.